The van der Waals surface area contributed by atoms with E-state index in [9.17, 15) is 0 Å². The average molecular weight is 354 g/mol. The third kappa shape index (κ3) is 8.58. The fourth-order valence-corrected chi connectivity index (χ4v) is 2.96. The van der Waals surface area contributed by atoms with E-state index in [0.29, 0.717) is 0 Å². The largest absolute Gasteiger partial charge is 2.00 e. The van der Waals surface area contributed by atoms with Crippen LogP contribution >= 0.6 is 0 Å². The summed E-state index contributed by atoms with van der Waals surface area (Å²) in [5, 5.41) is 0. The Hall–Kier alpha value is -0.781. The molecule has 0 fully saturated rings. The minimum Gasteiger partial charge on any atom is -0.210 e. The second kappa shape index (κ2) is 13.6. The monoisotopic (exact) mass is 354 g/mol. The van der Waals surface area contributed by atoms with Crippen LogP contribution in [0, 0.1) is 0 Å². The van der Waals surface area contributed by atoms with Crippen LogP contribution in [0.4, 0.5) is 0 Å². The van der Waals surface area contributed by atoms with Crippen molar-refractivity contribution in [2.45, 2.75) is 79.1 Å². The van der Waals surface area contributed by atoms with Gasteiger partial charge in [0.2, 0.25) is 0 Å². The van der Waals surface area contributed by atoms with Gasteiger partial charge in [0, 0.05) is 0 Å². The molecule has 1 heteroatoms. The first-order chi connectivity index (χ1) is 10.7. The van der Waals surface area contributed by atoms with Crippen molar-refractivity contribution in [2.24, 2.45) is 0 Å². The van der Waals surface area contributed by atoms with Crippen molar-refractivity contribution in [3.8, 4) is 0 Å². The fourth-order valence-electron chi connectivity index (χ4n) is 2.96. The van der Waals surface area contributed by atoms with E-state index in [1.165, 1.54) is 62.5 Å². The second-order valence-corrected chi connectivity index (χ2v) is 6.20. The van der Waals surface area contributed by atoms with Crippen LogP contribution in [0.1, 0.15) is 75.6 Å². The van der Waals surface area contributed by atoms with E-state index in [0.717, 1.165) is 0 Å². The first-order valence-corrected chi connectivity index (χ1v) is 9.22. The van der Waals surface area contributed by atoms with Gasteiger partial charge in [-0.3, -0.25) is 0 Å². The summed E-state index contributed by atoms with van der Waals surface area (Å²) in [4.78, 5) is 0. The Morgan fingerprint density at radius 3 is 2.17 bits per heavy atom. The molecule has 0 bridgehead atoms. The van der Waals surface area contributed by atoms with Crippen LogP contribution in [0.15, 0.2) is 36.4 Å². The smallest absolute Gasteiger partial charge is 0.210 e. The summed E-state index contributed by atoms with van der Waals surface area (Å²) in [6.45, 7) is 8.93. The van der Waals surface area contributed by atoms with Gasteiger partial charge >= 0.3 is 17.1 Å². The molecule has 0 unspecified atom stereocenters. The van der Waals surface area contributed by atoms with E-state index in [4.69, 9.17) is 0 Å². The third-order valence-corrected chi connectivity index (χ3v) is 4.01. The molecule has 0 nitrogen and oxygen atoms in total. The normalized spacial score (nSPS) is 9.91. The Kier molecular flexibility index (Phi) is 13.2. The molecule has 0 aromatic heterocycles. The van der Waals surface area contributed by atoms with E-state index in [1.807, 2.05) is 0 Å². The molecule has 0 aliphatic heterocycles. The summed E-state index contributed by atoms with van der Waals surface area (Å²) < 4.78 is 0. The van der Waals surface area contributed by atoms with Crippen molar-refractivity contribution in [3.63, 3.8) is 0 Å². The first-order valence-electron chi connectivity index (χ1n) is 9.22. The standard InChI is InChI=1S/2C11H17.Fe/c1-3-6-10-8-5-9-11(10)7-4-2;1-3-5-10-7-8-11(9-10)6-4-2;/h5,8-9H,3-4,6-7H2,1-2H3;7-9H,3-6H2,1-2H3;/q2*-1;+2. The van der Waals surface area contributed by atoms with Gasteiger partial charge in [-0.15, -0.1) is 0 Å². The SMILES string of the molecule is CCCc1cc[c-](CCC)c1.CCCc1cc[cH-]c1CCC.[Fe+2]. The minimum absolute atomic E-state index is 0. The van der Waals surface area contributed by atoms with Crippen LogP contribution in [0.3, 0.4) is 0 Å². The van der Waals surface area contributed by atoms with Gasteiger partial charge in [0.25, 0.3) is 0 Å². The maximum atomic E-state index is 2.34. The van der Waals surface area contributed by atoms with Gasteiger partial charge in [0.05, 0.1) is 0 Å². The minimum atomic E-state index is 0. The molecule has 0 spiro atoms. The van der Waals surface area contributed by atoms with Crippen molar-refractivity contribution in [2.75, 3.05) is 0 Å². The molecule has 2 aromatic carbocycles. The van der Waals surface area contributed by atoms with Crippen molar-refractivity contribution in [1.82, 2.24) is 0 Å². The summed E-state index contributed by atoms with van der Waals surface area (Å²) >= 11 is 0. The van der Waals surface area contributed by atoms with Gasteiger partial charge in [-0.1, -0.05) is 79.1 Å². The van der Waals surface area contributed by atoms with Crippen LogP contribution < -0.4 is 0 Å². The van der Waals surface area contributed by atoms with Gasteiger partial charge in [-0.25, -0.2) is 12.1 Å². The first kappa shape index (κ1) is 22.2. The zero-order chi connectivity index (χ0) is 16.2. The van der Waals surface area contributed by atoms with Crippen molar-refractivity contribution in [3.05, 3.63) is 58.7 Å². The Bertz CT molecular complexity index is 449. The number of aryl methyl sites for hydroxylation is 4. The van der Waals surface area contributed by atoms with E-state index >= 15 is 0 Å². The molecule has 0 aliphatic carbocycles. The van der Waals surface area contributed by atoms with Gasteiger partial charge in [0.15, 0.2) is 0 Å². The molecule has 0 saturated heterocycles. The Labute approximate surface area is 154 Å². The third-order valence-electron chi connectivity index (χ3n) is 4.01. The molecule has 0 aliphatic rings. The summed E-state index contributed by atoms with van der Waals surface area (Å²) in [6, 6.07) is 13.6. The maximum absolute atomic E-state index is 2.34. The Balaban J connectivity index is 0.000000403. The molecule has 2 rings (SSSR count). The molecule has 130 valence electrons. The summed E-state index contributed by atoms with van der Waals surface area (Å²) in [5.41, 5.74) is 6.15. The second-order valence-electron chi connectivity index (χ2n) is 6.20. The van der Waals surface area contributed by atoms with Crippen molar-refractivity contribution in [1.29, 1.82) is 0 Å². The van der Waals surface area contributed by atoms with Gasteiger partial charge in [-0.2, -0.15) is 46.5 Å². The number of rotatable bonds is 8. The van der Waals surface area contributed by atoms with Crippen LogP contribution in [-0.4, -0.2) is 0 Å². The maximum Gasteiger partial charge on any atom is 2.00 e. The van der Waals surface area contributed by atoms with Crippen LogP contribution in [0.25, 0.3) is 0 Å². The number of hydrogen-bond donors (Lipinski definition) is 0. The van der Waals surface area contributed by atoms with Gasteiger partial charge in [-0.05, 0) is 0 Å². The summed E-state index contributed by atoms with van der Waals surface area (Å²) in [6.07, 6.45) is 10.0. The molecular formula is C22H34Fe. The average Bonchev–Trinajstić information content (AvgIpc) is 3.12. The molecule has 2 aromatic rings. The molecule has 0 radical (unpaired) electrons. The molecule has 0 amide bonds. The predicted octanol–water partition coefficient (Wildman–Crippen LogP) is 6.62. The van der Waals surface area contributed by atoms with Crippen LogP contribution in [0.5, 0.6) is 0 Å². The Morgan fingerprint density at radius 2 is 1.57 bits per heavy atom. The van der Waals surface area contributed by atoms with Crippen LogP contribution in [-0.2, 0) is 42.8 Å². The zero-order valence-corrected chi connectivity index (χ0v) is 16.6. The van der Waals surface area contributed by atoms with Crippen molar-refractivity contribution < 1.29 is 17.1 Å². The van der Waals surface area contributed by atoms with Gasteiger partial charge < -0.3 is 0 Å². The van der Waals surface area contributed by atoms with E-state index in [-0.39, 0.29) is 17.1 Å². The Morgan fingerprint density at radius 1 is 0.870 bits per heavy atom. The van der Waals surface area contributed by atoms with Crippen LogP contribution in [0.2, 0.25) is 0 Å². The topological polar surface area (TPSA) is 0 Å². The molecular weight excluding hydrogens is 320 g/mol. The molecule has 0 atom stereocenters. The zero-order valence-electron chi connectivity index (χ0n) is 15.5. The molecule has 0 saturated carbocycles. The molecule has 23 heavy (non-hydrogen) atoms. The van der Waals surface area contributed by atoms with Crippen molar-refractivity contribution >= 4 is 0 Å². The quantitative estimate of drug-likeness (QED) is 0.369. The summed E-state index contributed by atoms with van der Waals surface area (Å²) in [7, 11) is 0. The summed E-state index contributed by atoms with van der Waals surface area (Å²) in [5.74, 6) is 0. The van der Waals surface area contributed by atoms with E-state index in [1.54, 1.807) is 11.1 Å². The van der Waals surface area contributed by atoms with E-state index < -0.39 is 0 Å². The van der Waals surface area contributed by atoms with E-state index in [2.05, 4.69) is 64.1 Å². The fraction of sp³-hybridized carbons (Fsp3) is 0.545. The van der Waals surface area contributed by atoms with Gasteiger partial charge in [0.1, 0.15) is 0 Å². The molecule has 0 heterocycles. The number of hydrogen-bond acceptors (Lipinski definition) is 0. The predicted molar refractivity (Wildman–Crippen MR) is 100 cm³/mol. The molecule has 0 N–H and O–H groups in total.